The zero-order chi connectivity index (χ0) is 13.1. The van der Waals surface area contributed by atoms with Crippen molar-refractivity contribution in [3.63, 3.8) is 0 Å². The second-order valence-corrected chi connectivity index (χ2v) is 6.34. The Morgan fingerprint density at radius 2 is 2.24 bits per heavy atom. The van der Waals surface area contributed by atoms with E-state index in [9.17, 15) is 13.2 Å². The van der Waals surface area contributed by atoms with Gasteiger partial charge in [-0.05, 0) is 13.0 Å². The van der Waals surface area contributed by atoms with Gasteiger partial charge in [-0.3, -0.25) is 4.79 Å². The normalized spacial score (nSPS) is 11.4. The fraction of sp³-hybridized carbons (Fsp3) is 0.444. The lowest BCUT2D eigenvalue weighted by Gasteiger charge is -2.14. The number of rotatable bonds is 5. The van der Waals surface area contributed by atoms with Gasteiger partial charge >= 0.3 is 0 Å². The molecule has 0 atom stereocenters. The van der Waals surface area contributed by atoms with Crippen LogP contribution < -0.4 is 10.5 Å². The van der Waals surface area contributed by atoms with E-state index in [4.69, 9.17) is 5.73 Å². The first-order valence-corrected chi connectivity index (χ1v) is 7.30. The number of nitrogens with one attached hydrogen (secondary N) is 1. The molecule has 0 aliphatic heterocycles. The number of nitrogens with zero attached hydrogens (tertiary/aromatic N) is 1. The zero-order valence-corrected chi connectivity index (χ0v) is 11.3. The lowest BCUT2D eigenvalue weighted by molar-refractivity contribution is -0.128. The second kappa shape index (κ2) is 5.48. The Hall–Kier alpha value is -1.12. The van der Waals surface area contributed by atoms with Gasteiger partial charge in [-0.25, -0.2) is 13.1 Å². The van der Waals surface area contributed by atoms with Crippen molar-refractivity contribution in [1.82, 2.24) is 9.62 Å². The highest BCUT2D eigenvalue weighted by molar-refractivity contribution is 7.91. The monoisotopic (exact) mass is 277 g/mol. The molecule has 6 nitrogen and oxygen atoms in total. The molecule has 0 aliphatic carbocycles. The first-order chi connectivity index (χ1) is 7.86. The molecule has 3 N–H and O–H groups in total. The first-order valence-electron chi connectivity index (χ1n) is 4.94. The highest BCUT2D eigenvalue weighted by Gasteiger charge is 2.18. The van der Waals surface area contributed by atoms with E-state index in [2.05, 4.69) is 4.72 Å². The summed E-state index contributed by atoms with van der Waals surface area (Å²) in [5.74, 6) is -0.277. The van der Waals surface area contributed by atoms with Gasteiger partial charge < -0.3 is 10.6 Å². The van der Waals surface area contributed by atoms with E-state index in [1.165, 1.54) is 16.3 Å². The van der Waals surface area contributed by atoms with Crippen LogP contribution in [-0.2, 0) is 14.8 Å². The van der Waals surface area contributed by atoms with Crippen molar-refractivity contribution in [2.75, 3.05) is 25.9 Å². The summed E-state index contributed by atoms with van der Waals surface area (Å²) in [7, 11) is -2.02. The van der Waals surface area contributed by atoms with Gasteiger partial charge in [0.2, 0.25) is 5.91 Å². The highest BCUT2D eigenvalue weighted by Crippen LogP contribution is 2.20. The predicted molar refractivity (Wildman–Crippen MR) is 67.2 cm³/mol. The third-order valence-corrected chi connectivity index (χ3v) is 5.03. The molecule has 8 heteroatoms. The maximum atomic E-state index is 11.7. The molecule has 1 rings (SSSR count). The number of amides is 1. The number of sulfonamides is 1. The summed E-state index contributed by atoms with van der Waals surface area (Å²) in [5.41, 5.74) is 5.84. The molecule has 0 saturated heterocycles. The van der Waals surface area contributed by atoms with Crippen LogP contribution in [0.15, 0.2) is 15.7 Å². The van der Waals surface area contributed by atoms with Gasteiger partial charge in [-0.15, -0.1) is 11.3 Å². The average molecular weight is 277 g/mol. The fourth-order valence-electron chi connectivity index (χ4n) is 1.01. The van der Waals surface area contributed by atoms with Crippen molar-refractivity contribution >= 4 is 33.0 Å². The second-order valence-electron chi connectivity index (χ2n) is 3.43. The lowest BCUT2D eigenvalue weighted by atomic mass is 10.5. The summed E-state index contributed by atoms with van der Waals surface area (Å²) in [5, 5.41) is 1.54. The van der Waals surface area contributed by atoms with Crippen LogP contribution in [0, 0.1) is 0 Å². The lowest BCUT2D eigenvalue weighted by Crippen LogP contribution is -2.37. The van der Waals surface area contributed by atoms with E-state index in [-0.39, 0.29) is 16.7 Å². The molecule has 0 saturated carbocycles. The molecule has 0 bridgehead atoms. The third-order valence-electron chi connectivity index (χ3n) is 2.17. The molecule has 17 heavy (non-hydrogen) atoms. The Kier molecular flexibility index (Phi) is 4.49. The summed E-state index contributed by atoms with van der Waals surface area (Å²) in [6, 6.07) is 1.36. The van der Waals surface area contributed by atoms with E-state index < -0.39 is 10.0 Å². The quantitative estimate of drug-likeness (QED) is 0.797. The summed E-state index contributed by atoms with van der Waals surface area (Å²) < 4.78 is 25.8. The average Bonchev–Trinajstić information content (AvgIpc) is 2.72. The van der Waals surface area contributed by atoms with Gasteiger partial charge in [0.05, 0.1) is 6.54 Å². The van der Waals surface area contributed by atoms with Crippen LogP contribution in [0.3, 0.4) is 0 Å². The number of hydrogen-bond acceptors (Lipinski definition) is 5. The predicted octanol–water partition coefficient (Wildman–Crippen LogP) is 0.0869. The fourth-order valence-corrected chi connectivity index (χ4v) is 3.11. The highest BCUT2D eigenvalue weighted by atomic mass is 32.2. The van der Waals surface area contributed by atoms with Crippen LogP contribution in [0.2, 0.25) is 0 Å². The number of likely N-dealkylation sites (N-methyl/N-ethyl adjacent to an activating group) is 1. The molecule has 0 radical (unpaired) electrons. The van der Waals surface area contributed by atoms with E-state index in [1.807, 2.05) is 6.92 Å². The maximum Gasteiger partial charge on any atom is 0.250 e. The van der Waals surface area contributed by atoms with E-state index >= 15 is 0 Å². The smallest absolute Gasteiger partial charge is 0.250 e. The molecule has 1 heterocycles. The largest absolute Gasteiger partial charge is 0.398 e. The molecular formula is C9H15N3O3S2. The van der Waals surface area contributed by atoms with E-state index in [0.717, 1.165) is 11.3 Å². The molecule has 1 aromatic heterocycles. The minimum Gasteiger partial charge on any atom is -0.398 e. The Labute approximate surface area is 104 Å². The summed E-state index contributed by atoms with van der Waals surface area (Å²) in [4.78, 5) is 12.9. The standard InChI is InChI=1S/C9H15N3O3S2/c1-3-12(2)8(13)5-11-17(14,15)9-4-7(10)6-16-9/h4,6,11H,3,5,10H2,1-2H3. The Bertz CT molecular complexity index is 495. The zero-order valence-electron chi connectivity index (χ0n) is 9.63. The first kappa shape index (κ1) is 13.9. The molecule has 0 aliphatic rings. The molecular weight excluding hydrogens is 262 g/mol. The topological polar surface area (TPSA) is 92.5 Å². The van der Waals surface area contributed by atoms with Crippen molar-refractivity contribution < 1.29 is 13.2 Å². The maximum absolute atomic E-state index is 11.7. The van der Waals surface area contributed by atoms with Crippen LogP contribution in [0.5, 0.6) is 0 Å². The van der Waals surface area contributed by atoms with Gasteiger partial charge in [0.1, 0.15) is 4.21 Å². The minimum absolute atomic E-state index is 0.113. The Morgan fingerprint density at radius 3 is 2.71 bits per heavy atom. The van der Waals surface area contributed by atoms with Crippen LogP contribution in [0.1, 0.15) is 6.92 Å². The molecule has 0 spiro atoms. The molecule has 0 unspecified atom stereocenters. The number of nitrogens with two attached hydrogens (primary N) is 1. The molecule has 0 fully saturated rings. The van der Waals surface area contributed by atoms with Crippen molar-refractivity contribution in [2.24, 2.45) is 0 Å². The molecule has 1 aromatic rings. The summed E-state index contributed by atoms with van der Waals surface area (Å²) in [6.07, 6.45) is 0. The number of anilines is 1. The molecule has 0 aromatic carbocycles. The number of carbonyl (C=O) groups excluding carboxylic acids is 1. The number of carbonyl (C=O) groups is 1. The van der Waals surface area contributed by atoms with Crippen LogP contribution in [0.25, 0.3) is 0 Å². The number of hydrogen-bond donors (Lipinski definition) is 2. The Balaban J connectivity index is 2.66. The van der Waals surface area contributed by atoms with Crippen molar-refractivity contribution in [1.29, 1.82) is 0 Å². The van der Waals surface area contributed by atoms with Gasteiger partial charge in [0.15, 0.2) is 0 Å². The third kappa shape index (κ3) is 3.69. The van der Waals surface area contributed by atoms with Gasteiger partial charge in [0, 0.05) is 24.7 Å². The van der Waals surface area contributed by atoms with Crippen molar-refractivity contribution in [3.8, 4) is 0 Å². The number of nitrogen functional groups attached to an aromatic ring is 1. The van der Waals surface area contributed by atoms with E-state index in [0.29, 0.717) is 12.2 Å². The Morgan fingerprint density at radius 1 is 1.59 bits per heavy atom. The summed E-state index contributed by atoms with van der Waals surface area (Å²) in [6.45, 7) is 2.10. The summed E-state index contributed by atoms with van der Waals surface area (Å²) >= 11 is 1.02. The van der Waals surface area contributed by atoms with Gasteiger partial charge in [0.25, 0.3) is 10.0 Å². The number of thiophene rings is 1. The van der Waals surface area contributed by atoms with Gasteiger partial charge in [-0.2, -0.15) is 0 Å². The minimum atomic E-state index is -3.64. The van der Waals surface area contributed by atoms with Crippen LogP contribution in [-0.4, -0.2) is 39.4 Å². The van der Waals surface area contributed by atoms with Crippen LogP contribution in [0.4, 0.5) is 5.69 Å². The molecule has 1 amide bonds. The van der Waals surface area contributed by atoms with Crippen LogP contribution >= 0.6 is 11.3 Å². The van der Waals surface area contributed by atoms with Crippen molar-refractivity contribution in [3.05, 3.63) is 11.4 Å². The van der Waals surface area contributed by atoms with E-state index in [1.54, 1.807) is 7.05 Å². The molecule has 96 valence electrons. The SMILES string of the molecule is CCN(C)C(=O)CNS(=O)(=O)c1cc(N)cs1. The van der Waals surface area contributed by atoms with Crippen molar-refractivity contribution in [2.45, 2.75) is 11.1 Å². The van der Waals surface area contributed by atoms with Gasteiger partial charge in [-0.1, -0.05) is 0 Å².